The van der Waals surface area contributed by atoms with Crippen LogP contribution in [0.1, 0.15) is 18.1 Å². The molecule has 4 rings (SSSR count). The van der Waals surface area contributed by atoms with Gasteiger partial charge in [0.2, 0.25) is 7.29 Å². The van der Waals surface area contributed by atoms with Gasteiger partial charge in [-0.05, 0) is 54.4 Å². The number of halogens is 1. The van der Waals surface area contributed by atoms with E-state index in [1.807, 2.05) is 97.9 Å². The molecule has 0 fully saturated rings. The van der Waals surface area contributed by atoms with Crippen molar-refractivity contribution >= 4 is 17.9 Å². The van der Waals surface area contributed by atoms with Crippen molar-refractivity contribution in [3.8, 4) is 0 Å². The summed E-state index contributed by atoms with van der Waals surface area (Å²) >= 11 is 0. The molecule has 2 atom stereocenters. The summed E-state index contributed by atoms with van der Waals surface area (Å²) in [6.45, 7) is 1.88. The average molecular weight is 444 g/mol. The Balaban J connectivity index is 2.00. The summed E-state index contributed by atoms with van der Waals surface area (Å²) in [5, 5.41) is 4.89. The van der Waals surface area contributed by atoms with Gasteiger partial charge in [-0.2, -0.15) is 0 Å². The molecule has 4 aromatic carbocycles. The molecular formula is C27H26FN2OP. The minimum absolute atomic E-state index is 0.338. The second-order valence-corrected chi connectivity index (χ2v) is 10.3. The second kappa shape index (κ2) is 9.22. The predicted molar refractivity (Wildman–Crippen MR) is 130 cm³/mol. The Kier molecular flexibility index (Phi) is 6.38. The van der Waals surface area contributed by atoms with E-state index in [4.69, 9.17) is 5.73 Å². The summed E-state index contributed by atoms with van der Waals surface area (Å²) in [4.78, 5) is 0. The molecule has 32 heavy (non-hydrogen) atoms. The monoisotopic (exact) mass is 444 g/mol. The molecule has 162 valence electrons. The van der Waals surface area contributed by atoms with Gasteiger partial charge in [0.05, 0.1) is 5.54 Å². The Morgan fingerprint density at radius 1 is 0.719 bits per heavy atom. The molecule has 0 aliphatic heterocycles. The highest BCUT2D eigenvalue weighted by Crippen LogP contribution is 2.47. The fraction of sp³-hybridized carbons (Fsp3) is 0.111. The zero-order valence-corrected chi connectivity index (χ0v) is 18.8. The molecule has 0 amide bonds. The largest absolute Gasteiger partial charge is 0.326 e. The van der Waals surface area contributed by atoms with E-state index < -0.39 is 18.9 Å². The Labute approximate surface area is 188 Å². The molecule has 5 heteroatoms. The standard InChI is InChI=1S/C27H26FN2OP/c1-21(29)27(22-11-5-2-6-12-22,23-17-19-24(28)20-18-23)30-32(31,25-13-7-3-8-14-25)26-15-9-4-10-16-26/h2-21H,29H2,1H3,(H,30,31)/t21-,27-/m0/s1. The number of benzene rings is 4. The predicted octanol–water partition coefficient (Wildman–Crippen LogP) is 4.94. The van der Waals surface area contributed by atoms with Crippen LogP contribution in [0.15, 0.2) is 115 Å². The lowest BCUT2D eigenvalue weighted by Crippen LogP contribution is -2.55. The van der Waals surface area contributed by atoms with Crippen molar-refractivity contribution in [3.63, 3.8) is 0 Å². The number of nitrogens with two attached hydrogens (primary N) is 1. The van der Waals surface area contributed by atoms with Gasteiger partial charge in [-0.15, -0.1) is 0 Å². The van der Waals surface area contributed by atoms with Gasteiger partial charge in [-0.3, -0.25) is 4.57 Å². The first-order chi connectivity index (χ1) is 15.5. The summed E-state index contributed by atoms with van der Waals surface area (Å²) < 4.78 is 28.7. The maximum Gasteiger partial charge on any atom is 0.205 e. The lowest BCUT2D eigenvalue weighted by Gasteiger charge is -2.42. The third-order valence-corrected chi connectivity index (χ3v) is 8.50. The van der Waals surface area contributed by atoms with Crippen molar-refractivity contribution in [3.05, 3.63) is 132 Å². The number of hydrogen-bond donors (Lipinski definition) is 2. The molecule has 3 nitrogen and oxygen atoms in total. The normalized spacial score (nSPS) is 14.5. The quantitative estimate of drug-likeness (QED) is 0.397. The SMILES string of the molecule is C[C@H](N)[C@](NP(=O)(c1ccccc1)c1ccccc1)(c1ccccc1)c1ccc(F)cc1. The van der Waals surface area contributed by atoms with Crippen molar-refractivity contribution in [2.45, 2.75) is 18.5 Å². The first kappa shape index (κ1) is 22.2. The molecule has 3 N–H and O–H groups in total. The Bertz CT molecular complexity index is 1160. The van der Waals surface area contributed by atoms with E-state index in [2.05, 4.69) is 5.09 Å². The van der Waals surface area contributed by atoms with Crippen LogP contribution < -0.4 is 21.4 Å². The Morgan fingerprint density at radius 2 is 1.12 bits per heavy atom. The van der Waals surface area contributed by atoms with Crippen LogP contribution in [-0.4, -0.2) is 6.04 Å². The van der Waals surface area contributed by atoms with E-state index >= 15 is 0 Å². The van der Waals surface area contributed by atoms with Gasteiger partial charge in [0, 0.05) is 16.7 Å². The molecule has 0 aliphatic rings. The zero-order valence-electron chi connectivity index (χ0n) is 17.9. The van der Waals surface area contributed by atoms with Crippen LogP contribution in [0.3, 0.4) is 0 Å². The zero-order chi connectivity index (χ0) is 22.6. The molecule has 0 aliphatic carbocycles. The highest BCUT2D eigenvalue weighted by Gasteiger charge is 2.44. The van der Waals surface area contributed by atoms with Crippen LogP contribution in [0.5, 0.6) is 0 Å². The topological polar surface area (TPSA) is 55.1 Å². The summed E-state index contributed by atoms with van der Waals surface area (Å²) in [7, 11) is -3.37. The summed E-state index contributed by atoms with van der Waals surface area (Å²) in [6, 6.07) is 34.2. The molecule has 0 radical (unpaired) electrons. The fourth-order valence-corrected chi connectivity index (χ4v) is 6.84. The molecule has 0 saturated carbocycles. The van der Waals surface area contributed by atoms with E-state index in [9.17, 15) is 8.96 Å². The van der Waals surface area contributed by atoms with Gasteiger partial charge in [0.15, 0.2) is 0 Å². The summed E-state index contributed by atoms with van der Waals surface area (Å²) in [6.07, 6.45) is 0. The second-order valence-electron chi connectivity index (χ2n) is 7.86. The van der Waals surface area contributed by atoms with Crippen LogP contribution in [0, 0.1) is 5.82 Å². The molecular weight excluding hydrogens is 418 g/mol. The van der Waals surface area contributed by atoms with E-state index in [-0.39, 0.29) is 5.82 Å². The molecule has 0 spiro atoms. The molecule has 4 aromatic rings. The number of rotatable bonds is 7. The van der Waals surface area contributed by atoms with Crippen LogP contribution in [0.2, 0.25) is 0 Å². The molecule has 0 saturated heterocycles. The van der Waals surface area contributed by atoms with Gasteiger partial charge in [0.1, 0.15) is 5.82 Å². The van der Waals surface area contributed by atoms with Crippen molar-refractivity contribution in [2.75, 3.05) is 0 Å². The first-order valence-electron chi connectivity index (χ1n) is 10.5. The lowest BCUT2D eigenvalue weighted by atomic mass is 9.78. The Morgan fingerprint density at radius 3 is 1.56 bits per heavy atom. The first-order valence-corrected chi connectivity index (χ1v) is 12.3. The van der Waals surface area contributed by atoms with Gasteiger partial charge in [-0.25, -0.2) is 9.48 Å². The van der Waals surface area contributed by atoms with Gasteiger partial charge < -0.3 is 5.73 Å². The third-order valence-electron chi connectivity index (χ3n) is 5.79. The minimum Gasteiger partial charge on any atom is -0.326 e. The molecule has 0 bridgehead atoms. The minimum atomic E-state index is -3.37. The van der Waals surface area contributed by atoms with Gasteiger partial charge in [0.25, 0.3) is 0 Å². The number of hydrogen-bond acceptors (Lipinski definition) is 2. The highest BCUT2D eigenvalue weighted by atomic mass is 31.2. The van der Waals surface area contributed by atoms with E-state index in [1.54, 1.807) is 12.1 Å². The summed E-state index contributed by atoms with van der Waals surface area (Å²) in [5.41, 5.74) is 7.23. The average Bonchev–Trinajstić information content (AvgIpc) is 2.84. The van der Waals surface area contributed by atoms with Crippen molar-refractivity contribution < 1.29 is 8.96 Å². The van der Waals surface area contributed by atoms with E-state index in [0.717, 1.165) is 11.1 Å². The van der Waals surface area contributed by atoms with Crippen molar-refractivity contribution in [1.29, 1.82) is 0 Å². The maximum atomic E-state index is 14.9. The van der Waals surface area contributed by atoms with Gasteiger partial charge in [-0.1, -0.05) is 78.9 Å². The molecule has 0 aromatic heterocycles. The maximum absolute atomic E-state index is 14.9. The lowest BCUT2D eigenvalue weighted by molar-refractivity contribution is 0.400. The van der Waals surface area contributed by atoms with E-state index in [0.29, 0.717) is 10.6 Å². The molecule has 0 heterocycles. The smallest absolute Gasteiger partial charge is 0.205 e. The van der Waals surface area contributed by atoms with Crippen LogP contribution in [0.25, 0.3) is 0 Å². The highest BCUT2D eigenvalue weighted by molar-refractivity contribution is 7.77. The van der Waals surface area contributed by atoms with Crippen molar-refractivity contribution in [1.82, 2.24) is 5.09 Å². The number of nitrogens with one attached hydrogen (secondary N) is 1. The van der Waals surface area contributed by atoms with Crippen LogP contribution in [-0.2, 0) is 10.1 Å². The molecule has 0 unspecified atom stereocenters. The van der Waals surface area contributed by atoms with Crippen molar-refractivity contribution in [2.24, 2.45) is 5.73 Å². The van der Waals surface area contributed by atoms with Crippen LogP contribution >= 0.6 is 7.29 Å². The van der Waals surface area contributed by atoms with E-state index in [1.165, 1.54) is 12.1 Å². The van der Waals surface area contributed by atoms with Crippen LogP contribution in [0.4, 0.5) is 4.39 Å². The summed E-state index contributed by atoms with van der Waals surface area (Å²) in [5.74, 6) is -0.338. The Hall–Kier alpha value is -3.04. The fourth-order valence-electron chi connectivity index (χ4n) is 4.14. The third kappa shape index (κ3) is 4.05. The van der Waals surface area contributed by atoms with Gasteiger partial charge >= 0.3 is 0 Å².